The molecule has 0 amide bonds. The van der Waals surface area contributed by atoms with Crippen molar-refractivity contribution in [2.45, 2.75) is 0 Å². The maximum absolute atomic E-state index is 14.2. The van der Waals surface area contributed by atoms with Crippen LogP contribution in [-0.2, 0) is 32.4 Å². The molecule has 11 nitrogen and oxygen atoms in total. The van der Waals surface area contributed by atoms with Crippen LogP contribution in [0.4, 0.5) is 22.7 Å². The molecule has 0 fully saturated rings. The van der Waals surface area contributed by atoms with Gasteiger partial charge in [-0.3, -0.25) is 31.8 Å². The van der Waals surface area contributed by atoms with Crippen LogP contribution in [0.1, 0.15) is 22.3 Å². The Balaban J connectivity index is 0.000000914. The summed E-state index contributed by atoms with van der Waals surface area (Å²) in [6.07, 6.45) is 9.83. The summed E-state index contributed by atoms with van der Waals surface area (Å²) >= 11 is 0. The number of anilines is 4. The smallest absolute Gasteiger partial charge is 0.238 e. The molecule has 0 bridgehead atoms. The predicted octanol–water partition coefficient (Wildman–Crippen LogP) is 2.75. The maximum Gasteiger partial charge on any atom is 0.238 e. The molecule has 0 N–H and O–H groups in total. The molecule has 60 heavy (non-hydrogen) atoms. The van der Waals surface area contributed by atoms with Gasteiger partial charge in [-0.15, -0.1) is 0 Å². The topological polar surface area (TPSA) is 132 Å². The third kappa shape index (κ3) is 14.5. The van der Waals surface area contributed by atoms with Gasteiger partial charge < -0.3 is 19.6 Å². The van der Waals surface area contributed by atoms with Crippen molar-refractivity contribution < 1.29 is 12.6 Å². The molecule has 5 aromatic rings. The molecule has 5 aromatic carbocycles. The minimum absolute atomic E-state index is 0.244. The first-order valence-electron chi connectivity index (χ1n) is 18.5. The molecule has 0 saturated heterocycles. The highest BCUT2D eigenvalue weighted by molar-refractivity contribution is 7.83. The first-order valence-corrected chi connectivity index (χ1v) is 24.4. The van der Waals surface area contributed by atoms with E-state index in [1.54, 1.807) is 86.1 Å². The van der Waals surface area contributed by atoms with Gasteiger partial charge in [-0.1, -0.05) is 48.5 Å². The van der Waals surface area contributed by atoms with E-state index in [9.17, 15) is 31.8 Å². The fourth-order valence-corrected chi connectivity index (χ4v) is 5.73. The normalized spacial score (nSPS) is 10.4. The molecule has 0 radical (unpaired) electrons. The van der Waals surface area contributed by atoms with Gasteiger partial charge in [0.2, 0.25) is 21.7 Å². The van der Waals surface area contributed by atoms with Gasteiger partial charge in [0.25, 0.3) is 0 Å². The monoisotopic (exact) mass is 874 g/mol. The molecule has 322 valence electrons. The van der Waals surface area contributed by atoms with Crippen LogP contribution in [0.25, 0.3) is 11.1 Å². The predicted molar refractivity (Wildman–Crippen MR) is 259 cm³/mol. The summed E-state index contributed by atoms with van der Waals surface area (Å²) in [5.41, 5.74) is 2.27. The second-order valence-corrected chi connectivity index (χ2v) is 19.3. The standard InChI is InChI=1S/C40H40N4O4.3C2H6OS/c1-41(2)29-17-9-25(10-18-29)33(26-11-19-30(20-12-26)42(3)4)35-37(45)39(47)36(40(48)38(35)46)34(27-13-21-31(22-14-27)43(5)6)28-15-23-32(24-16-28)44(7)8;3*1-4(2)3/h9-24H,1-8H3;3*1-2H3. The minimum Gasteiger partial charge on any atom is -0.378 e. The van der Waals surface area contributed by atoms with Crippen molar-refractivity contribution in [3.63, 3.8) is 0 Å². The van der Waals surface area contributed by atoms with Gasteiger partial charge in [0.1, 0.15) is 0 Å². The number of nitrogens with zero attached hydrogens (tertiary/aromatic N) is 4. The van der Waals surface area contributed by atoms with Gasteiger partial charge in [-0.2, -0.15) is 0 Å². The molecule has 0 unspecified atom stereocenters. The Hall–Kier alpha value is -5.31. The first kappa shape index (κ1) is 50.8. The number of hydrogen-bond acceptors (Lipinski definition) is 11. The zero-order valence-electron chi connectivity index (χ0n) is 37.1. The lowest BCUT2D eigenvalue weighted by Crippen LogP contribution is -2.65. The van der Waals surface area contributed by atoms with Crippen LogP contribution < -0.4 is 51.8 Å². The lowest BCUT2D eigenvalue weighted by molar-refractivity contribution is 0.689. The Kier molecular flexibility index (Phi) is 19.9. The summed E-state index contributed by atoms with van der Waals surface area (Å²) in [6.45, 7) is 0. The highest BCUT2D eigenvalue weighted by Gasteiger charge is 2.20. The van der Waals surface area contributed by atoms with Crippen molar-refractivity contribution >= 4 is 66.3 Å². The number of rotatable bonds is 8. The zero-order chi connectivity index (χ0) is 45.6. The second-order valence-electron chi connectivity index (χ2n) is 14.8. The highest BCUT2D eigenvalue weighted by atomic mass is 32.2. The third-order valence-corrected chi connectivity index (χ3v) is 8.51. The zero-order valence-corrected chi connectivity index (χ0v) is 39.6. The molecule has 5 rings (SSSR count). The van der Waals surface area contributed by atoms with E-state index < -0.39 is 64.6 Å². The van der Waals surface area contributed by atoms with Crippen LogP contribution in [-0.4, -0.2) is 107 Å². The Morgan fingerprint density at radius 3 is 0.567 bits per heavy atom. The van der Waals surface area contributed by atoms with E-state index in [1.165, 1.54) is 0 Å². The van der Waals surface area contributed by atoms with Crippen molar-refractivity contribution in [3.05, 3.63) is 171 Å². The van der Waals surface area contributed by atoms with Crippen LogP contribution in [0.15, 0.2) is 116 Å². The minimum atomic E-state index is -1.01. The molecule has 14 heteroatoms. The summed E-state index contributed by atoms with van der Waals surface area (Å²) in [7, 11) is 13.4. The average Bonchev–Trinajstić information content (AvgIpc) is 3.17. The summed E-state index contributed by atoms with van der Waals surface area (Å²) in [5, 5.41) is -0.844. The highest BCUT2D eigenvalue weighted by Crippen LogP contribution is 2.26. The van der Waals surface area contributed by atoms with E-state index in [-0.39, 0.29) is 11.1 Å². The van der Waals surface area contributed by atoms with E-state index in [0.717, 1.165) is 22.7 Å². The molecule has 0 spiro atoms. The Morgan fingerprint density at radius 2 is 0.450 bits per heavy atom. The van der Waals surface area contributed by atoms with Crippen LogP contribution in [0.3, 0.4) is 0 Å². The van der Waals surface area contributed by atoms with Crippen LogP contribution in [0, 0.1) is 0 Å². The maximum atomic E-state index is 14.2. The summed E-state index contributed by atoms with van der Waals surface area (Å²) < 4.78 is 28.7. The molecule has 0 aliphatic heterocycles. The van der Waals surface area contributed by atoms with Crippen molar-refractivity contribution in [1.29, 1.82) is 0 Å². The molecule has 0 aliphatic rings. The van der Waals surface area contributed by atoms with E-state index in [2.05, 4.69) is 0 Å². The fraction of sp³-hybridized carbons (Fsp3) is 0.304. The van der Waals surface area contributed by atoms with E-state index in [0.29, 0.717) is 22.3 Å². The van der Waals surface area contributed by atoms with Crippen molar-refractivity contribution in [3.8, 4) is 0 Å². The lowest BCUT2D eigenvalue weighted by Gasteiger charge is -2.16. The molecule has 0 aliphatic carbocycles. The average molecular weight is 875 g/mol. The van der Waals surface area contributed by atoms with Crippen LogP contribution in [0.2, 0.25) is 0 Å². The molecule has 0 heterocycles. The quantitative estimate of drug-likeness (QED) is 0.214. The van der Waals surface area contributed by atoms with Crippen LogP contribution in [0.5, 0.6) is 0 Å². The Bertz CT molecular complexity index is 2250. The van der Waals surface area contributed by atoms with Gasteiger partial charge in [0.15, 0.2) is 0 Å². The van der Waals surface area contributed by atoms with Gasteiger partial charge >= 0.3 is 0 Å². The van der Waals surface area contributed by atoms with Gasteiger partial charge in [0.05, 0.1) is 10.4 Å². The molecular formula is C46H58N4O7S3. The van der Waals surface area contributed by atoms with E-state index in [4.69, 9.17) is 0 Å². The van der Waals surface area contributed by atoms with Crippen LogP contribution >= 0.6 is 0 Å². The molecule has 0 atom stereocenters. The Labute approximate surface area is 361 Å². The van der Waals surface area contributed by atoms with Crippen molar-refractivity contribution in [1.82, 2.24) is 0 Å². The fourth-order valence-electron chi connectivity index (χ4n) is 5.73. The molecule has 0 saturated carbocycles. The SMILES string of the molecule is CN(C)c1ccc(C(c2ccc(N(C)C)cc2)=c2c(=O)c(=O)c(=C(c3ccc(N(C)C)cc3)c3ccc(N(C)C)cc3)c(=O)c2=O)cc1.CS(C)=O.CS(C)=O.CS(C)=O. The molecular weight excluding hydrogens is 817 g/mol. The van der Waals surface area contributed by atoms with E-state index in [1.807, 2.05) is 125 Å². The number of benzene rings is 5. The third-order valence-electron chi connectivity index (χ3n) is 8.51. The van der Waals surface area contributed by atoms with Gasteiger partial charge in [-0.25, -0.2) is 0 Å². The van der Waals surface area contributed by atoms with Crippen molar-refractivity contribution in [2.24, 2.45) is 0 Å². The second kappa shape index (κ2) is 23.5. The largest absolute Gasteiger partial charge is 0.378 e. The lowest BCUT2D eigenvalue weighted by atomic mass is 9.92. The Morgan fingerprint density at radius 1 is 0.317 bits per heavy atom. The summed E-state index contributed by atoms with van der Waals surface area (Å²) in [4.78, 5) is 64.7. The van der Waals surface area contributed by atoms with Gasteiger partial charge in [-0.05, 0) is 70.8 Å². The van der Waals surface area contributed by atoms with Crippen molar-refractivity contribution in [2.75, 3.05) is 114 Å². The first-order chi connectivity index (χ1) is 28.0. The molecule has 0 aromatic heterocycles. The summed E-state index contributed by atoms with van der Waals surface area (Å²) in [5.74, 6) is 0. The van der Waals surface area contributed by atoms with E-state index >= 15 is 0 Å². The summed E-state index contributed by atoms with van der Waals surface area (Å²) in [6, 6.07) is 29.3. The van der Waals surface area contributed by atoms with Gasteiger partial charge in [0, 0.05) is 160 Å². The number of hydrogen-bond donors (Lipinski definition) is 0.